The van der Waals surface area contributed by atoms with Crippen molar-refractivity contribution < 1.29 is 9.72 Å². The zero-order valence-corrected chi connectivity index (χ0v) is 14.3. The molecular weight excluding hydrogens is 374 g/mol. The third-order valence-electron chi connectivity index (χ3n) is 3.31. The smallest absolute Gasteiger partial charge is 0.333 e. The molecule has 11 heteroatoms. The van der Waals surface area contributed by atoms with Gasteiger partial charge in [0.05, 0.1) is 16.8 Å². The van der Waals surface area contributed by atoms with Crippen LogP contribution in [0.2, 0.25) is 5.02 Å². The van der Waals surface area contributed by atoms with E-state index in [0.717, 1.165) is 6.33 Å². The predicted molar refractivity (Wildman–Crippen MR) is 98.7 cm³/mol. The van der Waals surface area contributed by atoms with Crippen LogP contribution >= 0.6 is 11.6 Å². The number of benzene rings is 1. The van der Waals surface area contributed by atoms with Crippen LogP contribution in [0.3, 0.4) is 0 Å². The largest absolute Gasteiger partial charge is 0.355 e. The van der Waals surface area contributed by atoms with Crippen molar-refractivity contribution in [2.24, 2.45) is 0 Å². The minimum absolute atomic E-state index is 0.0532. The Bertz CT molecular complexity index is 985. The molecule has 3 rings (SSSR count). The highest BCUT2D eigenvalue weighted by Gasteiger charge is 2.23. The summed E-state index contributed by atoms with van der Waals surface area (Å²) < 4.78 is 0. The Balaban J connectivity index is 1.82. The first-order valence-electron chi connectivity index (χ1n) is 7.53. The van der Waals surface area contributed by atoms with Crippen LogP contribution in [0.5, 0.6) is 0 Å². The van der Waals surface area contributed by atoms with Crippen molar-refractivity contribution in [3.8, 4) is 0 Å². The van der Waals surface area contributed by atoms with E-state index in [2.05, 4.69) is 31.1 Å². The topological polar surface area (TPSA) is 135 Å². The summed E-state index contributed by atoms with van der Waals surface area (Å²) in [7, 11) is 0. The van der Waals surface area contributed by atoms with Crippen LogP contribution in [-0.2, 0) is 0 Å². The molecule has 2 heterocycles. The average Bonchev–Trinajstić information content (AvgIpc) is 2.66. The van der Waals surface area contributed by atoms with Gasteiger partial charge in [-0.1, -0.05) is 17.7 Å². The van der Waals surface area contributed by atoms with E-state index in [1.54, 1.807) is 36.5 Å². The molecule has 0 fully saturated rings. The van der Waals surface area contributed by atoms with Gasteiger partial charge in [0.25, 0.3) is 5.91 Å². The molecule has 3 N–H and O–H groups in total. The molecule has 136 valence electrons. The molecule has 0 atom stereocenters. The molecule has 2 aromatic heterocycles. The van der Waals surface area contributed by atoms with Gasteiger partial charge in [0.2, 0.25) is 11.6 Å². The fourth-order valence-corrected chi connectivity index (χ4v) is 2.32. The van der Waals surface area contributed by atoms with Crippen molar-refractivity contribution in [3.05, 3.63) is 75.8 Å². The van der Waals surface area contributed by atoms with E-state index in [-0.39, 0.29) is 17.2 Å². The number of hydrogen-bond acceptors (Lipinski definition) is 8. The SMILES string of the molecule is O=C(NNc1ncnc(Nc2cccnc2)c1[N+](=O)[O-])c1cccc(Cl)c1. The lowest BCUT2D eigenvalue weighted by molar-refractivity contribution is -0.383. The van der Waals surface area contributed by atoms with Crippen molar-refractivity contribution in [3.63, 3.8) is 0 Å². The minimum Gasteiger partial charge on any atom is -0.333 e. The molecule has 0 aliphatic heterocycles. The summed E-state index contributed by atoms with van der Waals surface area (Å²) in [5, 5.41) is 14.7. The Hall–Kier alpha value is -3.79. The van der Waals surface area contributed by atoms with Crippen LogP contribution in [0, 0.1) is 10.1 Å². The Morgan fingerprint density at radius 3 is 2.67 bits per heavy atom. The number of amides is 1. The van der Waals surface area contributed by atoms with Crippen molar-refractivity contribution in [2.45, 2.75) is 0 Å². The van der Waals surface area contributed by atoms with Crippen LogP contribution in [0.15, 0.2) is 55.1 Å². The van der Waals surface area contributed by atoms with Gasteiger partial charge < -0.3 is 5.32 Å². The number of aromatic nitrogens is 3. The minimum atomic E-state index is -0.660. The maximum Gasteiger partial charge on any atom is 0.355 e. The van der Waals surface area contributed by atoms with Gasteiger partial charge >= 0.3 is 5.69 Å². The number of nitro groups is 1. The first kappa shape index (κ1) is 18.0. The molecule has 27 heavy (non-hydrogen) atoms. The molecule has 0 aliphatic carbocycles. The molecule has 0 spiro atoms. The maximum atomic E-state index is 12.2. The number of carbonyl (C=O) groups is 1. The van der Waals surface area contributed by atoms with E-state index in [1.165, 1.54) is 12.3 Å². The Morgan fingerprint density at radius 1 is 1.15 bits per heavy atom. The van der Waals surface area contributed by atoms with Gasteiger partial charge in [-0.15, -0.1) is 0 Å². The molecule has 0 radical (unpaired) electrons. The summed E-state index contributed by atoms with van der Waals surface area (Å²) in [5.41, 5.74) is 5.14. The molecule has 0 bridgehead atoms. The van der Waals surface area contributed by atoms with Crippen LogP contribution in [0.1, 0.15) is 10.4 Å². The summed E-state index contributed by atoms with van der Waals surface area (Å²) in [6.45, 7) is 0. The first-order valence-corrected chi connectivity index (χ1v) is 7.91. The monoisotopic (exact) mass is 385 g/mol. The maximum absolute atomic E-state index is 12.2. The second kappa shape index (κ2) is 8.06. The summed E-state index contributed by atoms with van der Waals surface area (Å²) in [5.74, 6) is -0.772. The molecule has 3 aromatic rings. The fraction of sp³-hybridized carbons (Fsp3) is 0. The Labute approximate surface area is 157 Å². The first-order chi connectivity index (χ1) is 13.0. The Kier molecular flexibility index (Phi) is 5.38. The van der Waals surface area contributed by atoms with Gasteiger partial charge in [0, 0.05) is 16.8 Å². The van der Waals surface area contributed by atoms with Crippen molar-refractivity contribution in [1.82, 2.24) is 20.4 Å². The van der Waals surface area contributed by atoms with E-state index in [9.17, 15) is 14.9 Å². The van der Waals surface area contributed by atoms with Gasteiger partial charge in [0.15, 0.2) is 0 Å². The Morgan fingerprint density at radius 2 is 1.96 bits per heavy atom. The quantitative estimate of drug-likeness (QED) is 0.435. The molecule has 0 unspecified atom stereocenters. The third kappa shape index (κ3) is 4.44. The van der Waals surface area contributed by atoms with Crippen molar-refractivity contribution >= 4 is 40.5 Å². The summed E-state index contributed by atoms with van der Waals surface area (Å²) in [6.07, 6.45) is 4.18. The number of carbonyl (C=O) groups excluding carboxylic acids is 1. The van der Waals surface area contributed by atoms with E-state index in [1.807, 2.05) is 0 Å². The number of anilines is 3. The van der Waals surface area contributed by atoms with Crippen LogP contribution in [-0.4, -0.2) is 25.8 Å². The number of hydrazine groups is 1. The normalized spacial score (nSPS) is 10.1. The van der Waals surface area contributed by atoms with Gasteiger partial charge in [-0.25, -0.2) is 9.97 Å². The predicted octanol–water partition coefficient (Wildman–Crippen LogP) is 2.93. The zero-order chi connectivity index (χ0) is 19.2. The van der Waals surface area contributed by atoms with E-state index < -0.39 is 16.5 Å². The lowest BCUT2D eigenvalue weighted by Crippen LogP contribution is -2.30. The molecule has 1 aromatic carbocycles. The van der Waals surface area contributed by atoms with Crippen molar-refractivity contribution in [1.29, 1.82) is 0 Å². The average molecular weight is 386 g/mol. The second-order valence-corrected chi connectivity index (χ2v) is 5.57. The third-order valence-corrected chi connectivity index (χ3v) is 3.55. The van der Waals surface area contributed by atoms with Crippen LogP contribution in [0.4, 0.5) is 23.0 Å². The highest BCUT2D eigenvalue weighted by molar-refractivity contribution is 6.30. The van der Waals surface area contributed by atoms with Gasteiger partial charge in [0.1, 0.15) is 6.33 Å². The lowest BCUT2D eigenvalue weighted by Gasteiger charge is -2.11. The molecular formula is C16H12ClN7O3. The number of nitrogens with one attached hydrogen (secondary N) is 3. The lowest BCUT2D eigenvalue weighted by atomic mass is 10.2. The summed E-state index contributed by atoms with van der Waals surface area (Å²) >= 11 is 5.85. The highest BCUT2D eigenvalue weighted by atomic mass is 35.5. The highest BCUT2D eigenvalue weighted by Crippen LogP contribution is 2.30. The molecule has 10 nitrogen and oxygen atoms in total. The zero-order valence-electron chi connectivity index (χ0n) is 13.6. The number of hydrogen-bond donors (Lipinski definition) is 3. The van der Waals surface area contributed by atoms with Gasteiger partial charge in [-0.05, 0) is 30.3 Å². The fourth-order valence-electron chi connectivity index (χ4n) is 2.13. The molecule has 0 aliphatic rings. The van der Waals surface area contributed by atoms with Crippen molar-refractivity contribution in [2.75, 3.05) is 10.7 Å². The van der Waals surface area contributed by atoms with E-state index in [4.69, 9.17) is 11.6 Å². The number of pyridine rings is 1. The van der Waals surface area contributed by atoms with Gasteiger partial charge in [-0.2, -0.15) is 0 Å². The summed E-state index contributed by atoms with van der Waals surface area (Å²) in [4.78, 5) is 34.6. The van der Waals surface area contributed by atoms with E-state index >= 15 is 0 Å². The van der Waals surface area contributed by atoms with Gasteiger partial charge in [-0.3, -0.25) is 30.7 Å². The summed E-state index contributed by atoms with van der Waals surface area (Å²) in [6, 6.07) is 9.58. The number of halogens is 1. The second-order valence-electron chi connectivity index (χ2n) is 5.13. The molecule has 1 amide bonds. The van der Waals surface area contributed by atoms with E-state index in [0.29, 0.717) is 10.7 Å². The van der Waals surface area contributed by atoms with Crippen LogP contribution < -0.4 is 16.2 Å². The standard InChI is InChI=1S/C16H12ClN7O3/c17-11-4-1-3-10(7-11)16(25)23-22-15-13(24(26)27)14(19-9-20-15)21-12-5-2-6-18-8-12/h1-9H,(H,23,25)(H2,19,20,21,22). The number of rotatable bonds is 6. The molecule has 0 saturated heterocycles. The van der Waals surface area contributed by atoms with Crippen LogP contribution in [0.25, 0.3) is 0 Å². The molecule has 0 saturated carbocycles. The number of nitrogens with zero attached hydrogens (tertiary/aromatic N) is 4.